The normalized spacial score (nSPS) is 14.2. The Morgan fingerprint density at radius 1 is 0.966 bits per heavy atom. The molecular formula is C20H18N4O5. The number of nitrogens with zero attached hydrogens (tertiary/aromatic N) is 4. The van der Waals surface area contributed by atoms with Gasteiger partial charge in [-0.1, -0.05) is 17.3 Å². The summed E-state index contributed by atoms with van der Waals surface area (Å²) in [5.74, 6) is -1.28. The van der Waals surface area contributed by atoms with Gasteiger partial charge in [0.15, 0.2) is 0 Å². The van der Waals surface area contributed by atoms with Crippen molar-refractivity contribution in [2.45, 2.75) is 0 Å². The van der Waals surface area contributed by atoms with Crippen molar-refractivity contribution in [1.29, 1.82) is 0 Å². The topological polar surface area (TPSA) is 95.8 Å². The van der Waals surface area contributed by atoms with Gasteiger partial charge in [-0.3, -0.25) is 0 Å². The summed E-state index contributed by atoms with van der Waals surface area (Å²) in [6.45, 7) is 0.0627. The summed E-state index contributed by atoms with van der Waals surface area (Å²) in [6, 6.07) is 14.9. The number of rotatable bonds is 4. The van der Waals surface area contributed by atoms with Crippen molar-refractivity contribution in [2.75, 3.05) is 32.5 Å². The van der Waals surface area contributed by atoms with Gasteiger partial charge >= 0.3 is 11.9 Å². The van der Waals surface area contributed by atoms with Crippen LogP contribution in [0, 0.1) is 0 Å². The maximum absolute atomic E-state index is 12.4. The molecule has 0 aliphatic carbocycles. The van der Waals surface area contributed by atoms with Gasteiger partial charge in [0.25, 0.3) is 0 Å². The van der Waals surface area contributed by atoms with E-state index in [9.17, 15) is 9.59 Å². The Balaban J connectivity index is 1.72. The standard InChI is InChI=1S/C20H18N4O5/c1-27-19(25)15-11-29-12-23(18(15)20(26)28-2)13-7-9-14(10-8-13)24-17-6-4-3-5-16(17)21-22-24/h3-10H,11-12H2,1-2H3. The van der Waals surface area contributed by atoms with Crippen molar-refractivity contribution in [3.05, 3.63) is 59.8 Å². The van der Waals surface area contributed by atoms with Crippen LogP contribution in [-0.4, -0.2) is 54.5 Å². The Hall–Kier alpha value is -3.72. The first-order valence-corrected chi connectivity index (χ1v) is 8.80. The minimum atomic E-state index is -0.639. The predicted octanol–water partition coefficient (Wildman–Crippen LogP) is 1.81. The average Bonchev–Trinajstić information content (AvgIpc) is 3.22. The first-order valence-electron chi connectivity index (χ1n) is 8.80. The van der Waals surface area contributed by atoms with Crippen LogP contribution in [0.3, 0.4) is 0 Å². The molecule has 1 aliphatic heterocycles. The number of aromatic nitrogens is 3. The summed E-state index contributed by atoms with van der Waals surface area (Å²) in [5, 5.41) is 8.35. The zero-order valence-electron chi connectivity index (χ0n) is 15.9. The van der Waals surface area contributed by atoms with Crippen molar-refractivity contribution in [2.24, 2.45) is 0 Å². The smallest absolute Gasteiger partial charge is 0.355 e. The van der Waals surface area contributed by atoms with Crippen molar-refractivity contribution in [3.8, 4) is 5.69 Å². The highest BCUT2D eigenvalue weighted by Gasteiger charge is 2.32. The molecule has 4 rings (SSSR count). The van der Waals surface area contributed by atoms with E-state index < -0.39 is 11.9 Å². The van der Waals surface area contributed by atoms with Crippen LogP contribution in [0.5, 0.6) is 0 Å². The van der Waals surface area contributed by atoms with Crippen LogP contribution in [0.1, 0.15) is 0 Å². The van der Waals surface area contributed by atoms with E-state index in [1.807, 2.05) is 36.4 Å². The molecule has 1 aliphatic rings. The van der Waals surface area contributed by atoms with Gasteiger partial charge in [-0.2, -0.15) is 0 Å². The molecular weight excluding hydrogens is 376 g/mol. The van der Waals surface area contributed by atoms with E-state index in [-0.39, 0.29) is 24.6 Å². The SMILES string of the molecule is COC(=O)C1=C(C(=O)OC)N(c2ccc(-n3nnc4ccccc43)cc2)COC1. The Labute approximate surface area is 166 Å². The number of carbonyl (C=O) groups is 2. The lowest BCUT2D eigenvalue weighted by Crippen LogP contribution is -2.38. The molecule has 3 aromatic rings. The molecule has 0 bridgehead atoms. The number of benzene rings is 2. The minimum Gasteiger partial charge on any atom is -0.466 e. The molecule has 0 amide bonds. The molecule has 148 valence electrons. The summed E-state index contributed by atoms with van der Waals surface area (Å²) < 4.78 is 16.9. The monoisotopic (exact) mass is 394 g/mol. The fraction of sp³-hybridized carbons (Fsp3) is 0.200. The molecule has 0 saturated carbocycles. The number of ether oxygens (including phenoxy) is 3. The van der Waals surface area contributed by atoms with Gasteiger partial charge in [0, 0.05) is 5.69 Å². The van der Waals surface area contributed by atoms with Crippen molar-refractivity contribution < 1.29 is 23.8 Å². The number of anilines is 1. The van der Waals surface area contributed by atoms with Crippen molar-refractivity contribution in [1.82, 2.24) is 15.0 Å². The molecule has 0 fully saturated rings. The molecule has 2 heterocycles. The third kappa shape index (κ3) is 3.32. The number of fused-ring (bicyclic) bond motifs is 1. The first kappa shape index (κ1) is 18.6. The van der Waals surface area contributed by atoms with Crippen LogP contribution < -0.4 is 4.90 Å². The van der Waals surface area contributed by atoms with Gasteiger partial charge in [0.2, 0.25) is 0 Å². The molecule has 1 aromatic heterocycles. The fourth-order valence-electron chi connectivity index (χ4n) is 3.18. The van der Waals surface area contributed by atoms with E-state index in [4.69, 9.17) is 14.2 Å². The zero-order valence-corrected chi connectivity index (χ0v) is 15.9. The number of esters is 2. The third-order valence-electron chi connectivity index (χ3n) is 4.59. The van der Waals surface area contributed by atoms with Gasteiger partial charge in [-0.05, 0) is 36.4 Å². The highest BCUT2D eigenvalue weighted by molar-refractivity contribution is 6.03. The van der Waals surface area contributed by atoms with Crippen LogP contribution in [0.25, 0.3) is 16.7 Å². The summed E-state index contributed by atoms with van der Waals surface area (Å²) in [5.41, 5.74) is 3.34. The van der Waals surface area contributed by atoms with Crippen molar-refractivity contribution >= 4 is 28.7 Å². The number of para-hydroxylation sites is 1. The number of hydrogen-bond donors (Lipinski definition) is 0. The average molecular weight is 394 g/mol. The van der Waals surface area contributed by atoms with E-state index >= 15 is 0 Å². The highest BCUT2D eigenvalue weighted by Crippen LogP contribution is 2.28. The summed E-state index contributed by atoms with van der Waals surface area (Å²) >= 11 is 0. The molecule has 29 heavy (non-hydrogen) atoms. The molecule has 2 aromatic carbocycles. The fourth-order valence-corrected chi connectivity index (χ4v) is 3.18. The van der Waals surface area contributed by atoms with E-state index in [0.717, 1.165) is 16.7 Å². The molecule has 0 radical (unpaired) electrons. The zero-order chi connectivity index (χ0) is 20.4. The van der Waals surface area contributed by atoms with Gasteiger partial charge < -0.3 is 19.1 Å². The largest absolute Gasteiger partial charge is 0.466 e. The predicted molar refractivity (Wildman–Crippen MR) is 103 cm³/mol. The second-order valence-corrected chi connectivity index (χ2v) is 6.22. The third-order valence-corrected chi connectivity index (χ3v) is 4.59. The molecule has 0 saturated heterocycles. The van der Waals surface area contributed by atoms with Gasteiger partial charge in [-0.25, -0.2) is 14.3 Å². The summed E-state index contributed by atoms with van der Waals surface area (Å²) in [6.07, 6.45) is 0. The van der Waals surface area contributed by atoms with Crippen LogP contribution in [0.4, 0.5) is 5.69 Å². The second kappa shape index (κ2) is 7.72. The van der Waals surface area contributed by atoms with Gasteiger partial charge in [-0.15, -0.1) is 5.10 Å². The highest BCUT2D eigenvalue weighted by atomic mass is 16.5. The van der Waals surface area contributed by atoms with Crippen molar-refractivity contribution in [3.63, 3.8) is 0 Å². The quantitative estimate of drug-likeness (QED) is 0.619. The van der Waals surface area contributed by atoms with Gasteiger partial charge in [0.1, 0.15) is 17.9 Å². The lowest BCUT2D eigenvalue weighted by Gasteiger charge is -2.31. The lowest BCUT2D eigenvalue weighted by molar-refractivity contribution is -0.140. The minimum absolute atomic E-state index is 0.0311. The van der Waals surface area contributed by atoms with Crippen LogP contribution in [0.2, 0.25) is 0 Å². The van der Waals surface area contributed by atoms with E-state index in [2.05, 4.69) is 10.3 Å². The Bertz CT molecular complexity index is 1100. The van der Waals surface area contributed by atoms with Gasteiger partial charge in [0.05, 0.1) is 37.6 Å². The Morgan fingerprint density at radius 3 is 2.38 bits per heavy atom. The van der Waals surface area contributed by atoms with E-state index in [1.165, 1.54) is 14.2 Å². The van der Waals surface area contributed by atoms with E-state index in [0.29, 0.717) is 5.69 Å². The first-order chi connectivity index (χ1) is 14.1. The second-order valence-electron chi connectivity index (χ2n) is 6.22. The Morgan fingerprint density at radius 2 is 1.66 bits per heavy atom. The Kier molecular flexibility index (Phi) is 4.96. The van der Waals surface area contributed by atoms with Crippen LogP contribution in [0.15, 0.2) is 59.8 Å². The molecule has 0 spiro atoms. The lowest BCUT2D eigenvalue weighted by atomic mass is 10.1. The number of methoxy groups -OCH3 is 2. The number of hydrogen-bond acceptors (Lipinski definition) is 8. The maximum atomic E-state index is 12.4. The molecule has 0 atom stereocenters. The number of carbonyl (C=O) groups excluding carboxylic acids is 2. The molecule has 9 heteroatoms. The van der Waals surface area contributed by atoms with Crippen LogP contribution >= 0.6 is 0 Å². The summed E-state index contributed by atoms with van der Waals surface area (Å²) in [7, 11) is 2.51. The molecule has 9 nitrogen and oxygen atoms in total. The maximum Gasteiger partial charge on any atom is 0.355 e. The van der Waals surface area contributed by atoms with Crippen LogP contribution in [-0.2, 0) is 23.8 Å². The molecule has 0 unspecified atom stereocenters. The summed E-state index contributed by atoms with van der Waals surface area (Å²) in [4.78, 5) is 26.0. The molecule has 0 N–H and O–H groups in total. The van der Waals surface area contributed by atoms with E-state index in [1.54, 1.807) is 21.7 Å².